The minimum absolute atomic E-state index is 0.210. The maximum Gasteiger partial charge on any atom is 0.134 e. The van der Waals surface area contributed by atoms with Crippen LogP contribution in [0.15, 0.2) is 55.1 Å². The average molecular weight is 335 g/mol. The van der Waals surface area contributed by atoms with E-state index in [-0.39, 0.29) is 5.92 Å². The Morgan fingerprint density at radius 2 is 1.80 bits per heavy atom. The first kappa shape index (κ1) is 19.1. The number of Topliss-reactive ketones (excluding diaryl/α,β-unsaturated/α-hetero) is 1. The molecule has 0 aromatic heterocycles. The van der Waals surface area contributed by atoms with Gasteiger partial charge in [-0.1, -0.05) is 68.1 Å². The number of benzene rings is 2. The van der Waals surface area contributed by atoms with E-state index in [1.54, 1.807) is 0 Å². The highest BCUT2D eigenvalue weighted by molar-refractivity contribution is 5.79. The zero-order valence-electron chi connectivity index (χ0n) is 15.4. The van der Waals surface area contributed by atoms with Crippen molar-refractivity contribution in [3.8, 4) is 0 Å². The van der Waals surface area contributed by atoms with Crippen LogP contribution in [0.1, 0.15) is 47.9 Å². The molecule has 0 radical (unpaired) electrons. The second-order valence-electron chi connectivity index (χ2n) is 6.45. The van der Waals surface area contributed by atoms with E-state index in [1.165, 1.54) is 16.7 Å². The molecule has 2 heteroatoms. The third-order valence-corrected chi connectivity index (χ3v) is 4.75. The van der Waals surface area contributed by atoms with Crippen LogP contribution in [0.3, 0.4) is 0 Å². The van der Waals surface area contributed by atoms with Crippen LogP contribution in [-0.2, 0) is 17.6 Å². The summed E-state index contributed by atoms with van der Waals surface area (Å²) in [5.41, 5.74) is 5.06. The zero-order chi connectivity index (χ0) is 18.1. The van der Waals surface area contributed by atoms with E-state index in [0.29, 0.717) is 18.6 Å². The van der Waals surface area contributed by atoms with Crippen molar-refractivity contribution in [2.24, 2.45) is 0 Å². The Labute approximate surface area is 152 Å². The number of carbonyl (C=O) groups excluding carboxylic acids is 1. The monoisotopic (exact) mass is 335 g/mol. The van der Waals surface area contributed by atoms with Crippen molar-refractivity contribution in [3.63, 3.8) is 0 Å². The average Bonchev–Trinajstić information content (AvgIpc) is 2.66. The number of carbonyl (C=O) groups is 1. The fourth-order valence-corrected chi connectivity index (χ4v) is 3.37. The van der Waals surface area contributed by atoms with Gasteiger partial charge < -0.3 is 5.32 Å². The summed E-state index contributed by atoms with van der Waals surface area (Å²) >= 11 is 0. The molecule has 0 heterocycles. The normalized spacial score (nSPS) is 11.9. The Kier molecular flexibility index (Phi) is 7.62. The van der Waals surface area contributed by atoms with Gasteiger partial charge in [-0.3, -0.25) is 4.79 Å². The number of nitrogens with one attached hydrogen (secondary N) is 1. The molecule has 1 atom stereocenters. The summed E-state index contributed by atoms with van der Waals surface area (Å²) in [6, 6.07) is 16.9. The van der Waals surface area contributed by atoms with E-state index in [4.69, 9.17) is 0 Å². The van der Waals surface area contributed by atoms with Crippen LogP contribution in [0.25, 0.3) is 6.08 Å². The molecule has 0 fully saturated rings. The minimum atomic E-state index is 0.210. The first-order valence-electron chi connectivity index (χ1n) is 9.14. The highest BCUT2D eigenvalue weighted by Crippen LogP contribution is 2.29. The number of hydrogen-bond acceptors (Lipinski definition) is 2. The van der Waals surface area contributed by atoms with Crippen LogP contribution in [0.2, 0.25) is 0 Å². The third-order valence-electron chi connectivity index (χ3n) is 4.75. The molecule has 0 bridgehead atoms. The van der Waals surface area contributed by atoms with E-state index in [0.717, 1.165) is 24.9 Å². The number of rotatable bonds is 10. The van der Waals surface area contributed by atoms with Crippen LogP contribution in [0.4, 0.5) is 0 Å². The van der Waals surface area contributed by atoms with Crippen molar-refractivity contribution in [2.75, 3.05) is 13.6 Å². The van der Waals surface area contributed by atoms with Crippen molar-refractivity contribution < 1.29 is 4.79 Å². The Morgan fingerprint density at radius 3 is 2.48 bits per heavy atom. The molecule has 0 amide bonds. The molecule has 0 spiro atoms. The molecule has 132 valence electrons. The van der Waals surface area contributed by atoms with Crippen molar-refractivity contribution in [1.82, 2.24) is 5.32 Å². The Bertz CT molecular complexity index is 705. The topological polar surface area (TPSA) is 29.1 Å². The van der Waals surface area contributed by atoms with Crippen molar-refractivity contribution in [3.05, 3.63) is 77.4 Å². The Morgan fingerprint density at radius 1 is 1.12 bits per heavy atom. The molecule has 1 unspecified atom stereocenters. The summed E-state index contributed by atoms with van der Waals surface area (Å²) in [4.78, 5) is 12.5. The molecule has 2 aromatic carbocycles. The zero-order valence-corrected chi connectivity index (χ0v) is 15.4. The number of aryl methyl sites for hydroxylation is 1. The number of ketones is 1. The van der Waals surface area contributed by atoms with E-state index in [2.05, 4.69) is 61.3 Å². The molecular weight excluding hydrogens is 306 g/mol. The summed E-state index contributed by atoms with van der Waals surface area (Å²) < 4.78 is 0. The molecule has 25 heavy (non-hydrogen) atoms. The van der Waals surface area contributed by atoms with Gasteiger partial charge in [0.2, 0.25) is 0 Å². The van der Waals surface area contributed by atoms with Gasteiger partial charge in [-0.05, 0) is 48.1 Å². The van der Waals surface area contributed by atoms with Gasteiger partial charge in [0.25, 0.3) is 0 Å². The van der Waals surface area contributed by atoms with Gasteiger partial charge in [-0.25, -0.2) is 0 Å². The van der Waals surface area contributed by atoms with Crippen LogP contribution in [-0.4, -0.2) is 19.4 Å². The lowest BCUT2D eigenvalue weighted by Gasteiger charge is -2.21. The summed E-state index contributed by atoms with van der Waals surface area (Å²) in [7, 11) is 1.89. The van der Waals surface area contributed by atoms with Gasteiger partial charge in [0.1, 0.15) is 5.78 Å². The second-order valence-corrected chi connectivity index (χ2v) is 6.45. The Hall–Kier alpha value is -2.19. The fourth-order valence-electron chi connectivity index (χ4n) is 3.37. The quantitative estimate of drug-likeness (QED) is 0.676. The molecule has 0 aliphatic carbocycles. The summed E-state index contributed by atoms with van der Waals surface area (Å²) in [6.07, 6.45) is 4.93. The van der Waals surface area contributed by atoms with Crippen LogP contribution in [0, 0.1) is 0 Å². The summed E-state index contributed by atoms with van der Waals surface area (Å²) in [5, 5.41) is 3.07. The third kappa shape index (κ3) is 5.40. The summed E-state index contributed by atoms with van der Waals surface area (Å²) in [5.74, 6) is 0.531. The largest absolute Gasteiger partial charge is 0.319 e. The van der Waals surface area contributed by atoms with Crippen molar-refractivity contribution in [1.29, 1.82) is 0 Å². The van der Waals surface area contributed by atoms with E-state index >= 15 is 0 Å². The molecule has 2 rings (SSSR count). The second kappa shape index (κ2) is 9.95. The Balaban J connectivity index is 2.31. The standard InChI is InChI=1S/C23H29NO/c1-4-18-10-6-7-12-20(18)16-21(17-22(25)14-15-24-3)23-13-9-8-11-19(23)5-2/h4,6-13,21,24H,1,5,14-17H2,2-3H3. The van der Waals surface area contributed by atoms with E-state index in [1.807, 2.05) is 19.2 Å². The minimum Gasteiger partial charge on any atom is -0.319 e. The smallest absolute Gasteiger partial charge is 0.134 e. The van der Waals surface area contributed by atoms with E-state index in [9.17, 15) is 4.79 Å². The summed E-state index contributed by atoms with van der Waals surface area (Å²) in [6.45, 7) is 6.85. The van der Waals surface area contributed by atoms with Gasteiger partial charge in [0.05, 0.1) is 0 Å². The van der Waals surface area contributed by atoms with Gasteiger partial charge >= 0.3 is 0 Å². The van der Waals surface area contributed by atoms with Gasteiger partial charge in [-0.15, -0.1) is 0 Å². The molecule has 0 aliphatic heterocycles. The van der Waals surface area contributed by atoms with Crippen LogP contribution >= 0.6 is 0 Å². The SMILES string of the molecule is C=Cc1ccccc1CC(CC(=O)CCNC)c1ccccc1CC. The van der Waals surface area contributed by atoms with Crippen LogP contribution in [0.5, 0.6) is 0 Å². The van der Waals surface area contributed by atoms with Crippen molar-refractivity contribution >= 4 is 11.9 Å². The molecule has 0 saturated heterocycles. The van der Waals surface area contributed by atoms with Gasteiger partial charge in [-0.2, -0.15) is 0 Å². The predicted molar refractivity (Wildman–Crippen MR) is 107 cm³/mol. The molecule has 0 saturated carbocycles. The fraction of sp³-hybridized carbons (Fsp3) is 0.348. The molecule has 0 aliphatic rings. The molecule has 2 aromatic rings. The maximum absolute atomic E-state index is 12.5. The van der Waals surface area contributed by atoms with E-state index < -0.39 is 0 Å². The highest BCUT2D eigenvalue weighted by atomic mass is 16.1. The molecular formula is C23H29NO. The lowest BCUT2D eigenvalue weighted by Crippen LogP contribution is -2.17. The van der Waals surface area contributed by atoms with Crippen LogP contribution < -0.4 is 5.32 Å². The van der Waals surface area contributed by atoms with Crippen molar-refractivity contribution in [2.45, 2.75) is 38.5 Å². The van der Waals surface area contributed by atoms with Gasteiger partial charge in [0, 0.05) is 19.4 Å². The molecule has 2 nitrogen and oxygen atoms in total. The lowest BCUT2D eigenvalue weighted by molar-refractivity contribution is -0.119. The number of hydrogen-bond donors (Lipinski definition) is 1. The predicted octanol–water partition coefficient (Wildman–Crippen LogP) is 4.79. The maximum atomic E-state index is 12.5. The lowest BCUT2D eigenvalue weighted by atomic mass is 9.83. The first-order valence-corrected chi connectivity index (χ1v) is 9.14. The first-order chi connectivity index (χ1) is 12.2. The highest BCUT2D eigenvalue weighted by Gasteiger charge is 2.19. The molecule has 1 N–H and O–H groups in total. The van der Waals surface area contributed by atoms with Gasteiger partial charge in [0.15, 0.2) is 0 Å².